The minimum atomic E-state index is -0.0248. The molecule has 1 aromatic carbocycles. The van der Waals surface area contributed by atoms with Crippen molar-refractivity contribution in [1.29, 1.82) is 0 Å². The number of amides is 1. The van der Waals surface area contributed by atoms with Crippen LogP contribution >= 0.6 is 0 Å². The standard InChI is InChI=1S/C17H27N3O/c1-4-19-17(21)15-9-8-13(18)11-16(15)20(3)14-7-5-6-12(2)10-14/h8-9,11-12,14H,4-7,10,18H2,1-3H3,(H,19,21). The maximum absolute atomic E-state index is 12.2. The zero-order chi connectivity index (χ0) is 15.4. The quantitative estimate of drug-likeness (QED) is 0.838. The molecule has 2 atom stereocenters. The third-order valence-corrected chi connectivity index (χ3v) is 4.44. The van der Waals surface area contributed by atoms with Crippen LogP contribution in [0.25, 0.3) is 0 Å². The molecule has 1 aliphatic rings. The van der Waals surface area contributed by atoms with Crippen molar-refractivity contribution in [1.82, 2.24) is 5.32 Å². The second kappa shape index (κ2) is 6.83. The van der Waals surface area contributed by atoms with Crippen LogP contribution in [0.5, 0.6) is 0 Å². The summed E-state index contributed by atoms with van der Waals surface area (Å²) in [6, 6.07) is 6.04. The number of carbonyl (C=O) groups excluding carboxylic acids is 1. The normalized spacial score (nSPS) is 21.9. The first kappa shape index (κ1) is 15.7. The zero-order valence-corrected chi connectivity index (χ0v) is 13.4. The second-order valence-electron chi connectivity index (χ2n) is 6.17. The molecule has 2 unspecified atom stereocenters. The highest BCUT2D eigenvalue weighted by Crippen LogP contribution is 2.32. The molecule has 2 rings (SSSR count). The summed E-state index contributed by atoms with van der Waals surface area (Å²) in [6.07, 6.45) is 4.93. The van der Waals surface area contributed by atoms with E-state index < -0.39 is 0 Å². The number of anilines is 2. The van der Waals surface area contributed by atoms with Gasteiger partial charge in [0.25, 0.3) is 5.91 Å². The lowest BCUT2D eigenvalue weighted by molar-refractivity contribution is 0.0956. The van der Waals surface area contributed by atoms with Gasteiger partial charge in [-0.25, -0.2) is 0 Å². The van der Waals surface area contributed by atoms with Crippen LogP contribution in [0.2, 0.25) is 0 Å². The number of hydrogen-bond donors (Lipinski definition) is 2. The Morgan fingerprint density at radius 3 is 2.86 bits per heavy atom. The minimum Gasteiger partial charge on any atom is -0.399 e. The summed E-state index contributed by atoms with van der Waals surface area (Å²) in [7, 11) is 2.08. The SMILES string of the molecule is CCNC(=O)c1ccc(N)cc1N(C)C1CCCC(C)C1. The number of rotatable bonds is 4. The largest absolute Gasteiger partial charge is 0.399 e. The minimum absolute atomic E-state index is 0.0248. The number of nitrogens with two attached hydrogens (primary N) is 1. The molecule has 21 heavy (non-hydrogen) atoms. The molecule has 0 aliphatic heterocycles. The summed E-state index contributed by atoms with van der Waals surface area (Å²) in [4.78, 5) is 14.5. The molecule has 4 heteroatoms. The number of hydrogen-bond acceptors (Lipinski definition) is 3. The fourth-order valence-electron chi connectivity index (χ4n) is 3.24. The van der Waals surface area contributed by atoms with Crippen LogP contribution in [0.4, 0.5) is 11.4 Å². The van der Waals surface area contributed by atoms with Crippen molar-refractivity contribution < 1.29 is 4.79 Å². The molecule has 0 heterocycles. The van der Waals surface area contributed by atoms with Gasteiger partial charge >= 0.3 is 0 Å². The summed E-state index contributed by atoms with van der Waals surface area (Å²) in [5, 5.41) is 2.88. The first-order valence-corrected chi connectivity index (χ1v) is 7.93. The Labute approximate surface area is 127 Å². The van der Waals surface area contributed by atoms with Crippen LogP contribution < -0.4 is 16.0 Å². The maximum atomic E-state index is 12.2. The van der Waals surface area contributed by atoms with E-state index in [1.54, 1.807) is 6.07 Å². The van der Waals surface area contributed by atoms with Gasteiger partial charge in [0.1, 0.15) is 0 Å². The molecule has 1 saturated carbocycles. The van der Waals surface area contributed by atoms with Gasteiger partial charge < -0.3 is 16.0 Å². The third kappa shape index (κ3) is 3.69. The van der Waals surface area contributed by atoms with Crippen LogP contribution in [0, 0.1) is 5.92 Å². The number of nitrogens with one attached hydrogen (secondary N) is 1. The van der Waals surface area contributed by atoms with Crippen molar-refractivity contribution in [2.24, 2.45) is 5.92 Å². The van der Waals surface area contributed by atoms with Crippen LogP contribution in [-0.4, -0.2) is 25.5 Å². The van der Waals surface area contributed by atoms with Gasteiger partial charge in [-0.05, 0) is 43.9 Å². The average Bonchev–Trinajstić information content (AvgIpc) is 2.46. The molecule has 1 aromatic rings. The Balaban J connectivity index is 2.28. The van der Waals surface area contributed by atoms with Gasteiger partial charge in [-0.3, -0.25) is 4.79 Å². The topological polar surface area (TPSA) is 58.4 Å². The fourth-order valence-corrected chi connectivity index (χ4v) is 3.24. The average molecular weight is 289 g/mol. The summed E-state index contributed by atoms with van der Waals surface area (Å²) in [5.74, 6) is 0.725. The smallest absolute Gasteiger partial charge is 0.253 e. The van der Waals surface area contributed by atoms with Crippen molar-refractivity contribution in [2.45, 2.75) is 45.6 Å². The van der Waals surface area contributed by atoms with Crippen LogP contribution in [-0.2, 0) is 0 Å². The Kier molecular flexibility index (Phi) is 5.10. The summed E-state index contributed by atoms with van der Waals surface area (Å²) >= 11 is 0. The van der Waals surface area contributed by atoms with Gasteiger partial charge in [-0.15, -0.1) is 0 Å². The van der Waals surface area contributed by atoms with Crippen molar-refractivity contribution >= 4 is 17.3 Å². The van der Waals surface area contributed by atoms with Gasteiger partial charge in [0.15, 0.2) is 0 Å². The summed E-state index contributed by atoms with van der Waals surface area (Å²) in [6.45, 7) is 4.87. The molecule has 1 fully saturated rings. The van der Waals surface area contributed by atoms with E-state index in [1.807, 2.05) is 19.1 Å². The predicted molar refractivity (Wildman–Crippen MR) is 88.7 cm³/mol. The lowest BCUT2D eigenvalue weighted by atomic mass is 9.86. The molecule has 0 aromatic heterocycles. The Morgan fingerprint density at radius 1 is 1.43 bits per heavy atom. The van der Waals surface area contributed by atoms with Gasteiger partial charge in [-0.2, -0.15) is 0 Å². The molecule has 4 nitrogen and oxygen atoms in total. The molecule has 0 bridgehead atoms. The monoisotopic (exact) mass is 289 g/mol. The van der Waals surface area contributed by atoms with Crippen LogP contribution in [0.1, 0.15) is 49.9 Å². The number of benzene rings is 1. The highest BCUT2D eigenvalue weighted by Gasteiger charge is 2.25. The van der Waals surface area contributed by atoms with Gasteiger partial charge in [-0.1, -0.05) is 19.8 Å². The second-order valence-corrected chi connectivity index (χ2v) is 6.17. The van der Waals surface area contributed by atoms with E-state index in [9.17, 15) is 4.79 Å². The van der Waals surface area contributed by atoms with E-state index >= 15 is 0 Å². The van der Waals surface area contributed by atoms with Crippen molar-refractivity contribution in [3.8, 4) is 0 Å². The highest BCUT2D eigenvalue weighted by atomic mass is 16.1. The lowest BCUT2D eigenvalue weighted by Crippen LogP contribution is -2.37. The van der Waals surface area contributed by atoms with Crippen molar-refractivity contribution in [2.75, 3.05) is 24.2 Å². The molecule has 0 saturated heterocycles. The zero-order valence-electron chi connectivity index (χ0n) is 13.4. The van der Waals surface area contributed by atoms with E-state index in [0.29, 0.717) is 23.8 Å². The van der Waals surface area contributed by atoms with Gasteiger partial charge in [0.05, 0.1) is 11.3 Å². The van der Waals surface area contributed by atoms with Gasteiger partial charge in [0, 0.05) is 25.3 Å². The molecule has 1 aliphatic carbocycles. The van der Waals surface area contributed by atoms with Crippen molar-refractivity contribution in [3.05, 3.63) is 23.8 Å². The number of nitrogens with zero attached hydrogens (tertiary/aromatic N) is 1. The molecular formula is C17H27N3O. The van der Waals surface area contributed by atoms with Crippen molar-refractivity contribution in [3.63, 3.8) is 0 Å². The van der Waals surface area contributed by atoms with E-state index in [1.165, 1.54) is 25.7 Å². The molecule has 0 radical (unpaired) electrons. The first-order valence-electron chi connectivity index (χ1n) is 7.93. The van der Waals surface area contributed by atoms with Crippen LogP contribution in [0.3, 0.4) is 0 Å². The van der Waals surface area contributed by atoms with Crippen LogP contribution in [0.15, 0.2) is 18.2 Å². The lowest BCUT2D eigenvalue weighted by Gasteiger charge is -2.36. The van der Waals surface area contributed by atoms with Gasteiger partial charge in [0.2, 0.25) is 0 Å². The first-order chi connectivity index (χ1) is 10.0. The van der Waals surface area contributed by atoms with E-state index in [-0.39, 0.29) is 5.91 Å². The Hall–Kier alpha value is -1.71. The molecular weight excluding hydrogens is 262 g/mol. The number of nitrogen functional groups attached to an aromatic ring is 1. The molecule has 116 valence electrons. The molecule has 0 spiro atoms. The fraction of sp³-hybridized carbons (Fsp3) is 0.588. The predicted octanol–water partition coefficient (Wildman–Crippen LogP) is 3.03. The maximum Gasteiger partial charge on any atom is 0.253 e. The van der Waals surface area contributed by atoms with E-state index in [2.05, 4.69) is 24.2 Å². The Bertz CT molecular complexity index is 501. The Morgan fingerprint density at radius 2 is 2.19 bits per heavy atom. The van der Waals surface area contributed by atoms with E-state index in [0.717, 1.165) is 11.6 Å². The molecule has 1 amide bonds. The van der Waals surface area contributed by atoms with E-state index in [4.69, 9.17) is 5.73 Å². The molecule has 3 N–H and O–H groups in total. The summed E-state index contributed by atoms with van der Waals surface area (Å²) in [5.41, 5.74) is 8.30. The highest BCUT2D eigenvalue weighted by molar-refractivity contribution is 6.00. The third-order valence-electron chi connectivity index (χ3n) is 4.44. The summed E-state index contributed by atoms with van der Waals surface area (Å²) < 4.78 is 0. The number of carbonyl (C=O) groups is 1.